The standard InChI is InChI=1S/C13H20O2/c1-4-7-8-9-11(5-2)10-13(15)12(14)6-3/h4,7-9,11H,5-6,10H2,1-3H3/b7-4-,9-8-. The molecular weight excluding hydrogens is 188 g/mol. The lowest BCUT2D eigenvalue weighted by molar-refractivity contribution is -0.136. The molecule has 0 fully saturated rings. The quantitative estimate of drug-likeness (QED) is 0.476. The molecule has 1 unspecified atom stereocenters. The van der Waals surface area contributed by atoms with Crippen molar-refractivity contribution in [3.05, 3.63) is 24.3 Å². The third-order valence-electron chi connectivity index (χ3n) is 2.29. The molecular formula is C13H20O2. The predicted molar refractivity (Wildman–Crippen MR) is 62.7 cm³/mol. The minimum Gasteiger partial charge on any atom is -0.291 e. The van der Waals surface area contributed by atoms with E-state index in [0.717, 1.165) is 6.42 Å². The zero-order valence-corrected chi connectivity index (χ0v) is 9.82. The van der Waals surface area contributed by atoms with Gasteiger partial charge in [-0.05, 0) is 19.3 Å². The summed E-state index contributed by atoms with van der Waals surface area (Å²) in [5.74, 6) is -0.313. The molecule has 0 heterocycles. The highest BCUT2D eigenvalue weighted by Crippen LogP contribution is 2.11. The number of Topliss-reactive ketones (excluding diaryl/α,β-unsaturated/α-hetero) is 2. The van der Waals surface area contributed by atoms with Crippen LogP contribution in [0.1, 0.15) is 40.0 Å². The third kappa shape index (κ3) is 6.00. The molecule has 0 aliphatic carbocycles. The number of hydrogen-bond acceptors (Lipinski definition) is 2. The first-order chi connectivity index (χ1) is 7.15. The van der Waals surface area contributed by atoms with E-state index in [0.29, 0.717) is 12.8 Å². The Morgan fingerprint density at radius 3 is 2.27 bits per heavy atom. The summed E-state index contributed by atoms with van der Waals surface area (Å²) in [5, 5.41) is 0. The van der Waals surface area contributed by atoms with E-state index in [9.17, 15) is 9.59 Å². The molecule has 0 spiro atoms. The normalized spacial score (nSPS) is 13.5. The predicted octanol–water partition coefficient (Wildman–Crippen LogP) is 3.08. The van der Waals surface area contributed by atoms with Gasteiger partial charge in [-0.1, -0.05) is 38.2 Å². The number of hydrogen-bond donors (Lipinski definition) is 0. The van der Waals surface area contributed by atoms with Crippen LogP contribution in [0, 0.1) is 5.92 Å². The Bertz CT molecular complexity index is 262. The topological polar surface area (TPSA) is 34.1 Å². The molecule has 2 heteroatoms. The van der Waals surface area contributed by atoms with Gasteiger partial charge in [0.1, 0.15) is 0 Å². The second-order valence-electron chi connectivity index (χ2n) is 3.48. The highest BCUT2D eigenvalue weighted by Gasteiger charge is 2.14. The zero-order chi connectivity index (χ0) is 11.7. The van der Waals surface area contributed by atoms with Crippen molar-refractivity contribution in [3.63, 3.8) is 0 Å². The van der Waals surface area contributed by atoms with Crippen LogP contribution in [0.3, 0.4) is 0 Å². The van der Waals surface area contributed by atoms with E-state index in [-0.39, 0.29) is 17.5 Å². The summed E-state index contributed by atoms with van der Waals surface area (Å²) in [5.41, 5.74) is 0. The highest BCUT2D eigenvalue weighted by atomic mass is 16.2. The molecule has 0 aromatic rings. The van der Waals surface area contributed by atoms with E-state index in [1.54, 1.807) is 6.92 Å². The van der Waals surface area contributed by atoms with E-state index < -0.39 is 0 Å². The molecule has 15 heavy (non-hydrogen) atoms. The maximum atomic E-state index is 11.4. The first kappa shape index (κ1) is 13.8. The van der Waals surface area contributed by atoms with Gasteiger partial charge in [-0.25, -0.2) is 0 Å². The van der Waals surface area contributed by atoms with Crippen LogP contribution < -0.4 is 0 Å². The summed E-state index contributed by atoms with van der Waals surface area (Å²) >= 11 is 0. The average Bonchev–Trinajstić information content (AvgIpc) is 2.26. The molecule has 1 atom stereocenters. The van der Waals surface area contributed by atoms with E-state index in [2.05, 4.69) is 0 Å². The first-order valence-corrected chi connectivity index (χ1v) is 5.51. The molecule has 0 saturated heterocycles. The molecule has 2 nitrogen and oxygen atoms in total. The Balaban J connectivity index is 4.21. The Kier molecular flexibility index (Phi) is 7.51. The number of rotatable bonds is 7. The van der Waals surface area contributed by atoms with Gasteiger partial charge in [0, 0.05) is 12.8 Å². The largest absolute Gasteiger partial charge is 0.291 e. The van der Waals surface area contributed by atoms with Crippen LogP contribution in [-0.2, 0) is 9.59 Å². The van der Waals surface area contributed by atoms with Crippen molar-refractivity contribution >= 4 is 11.6 Å². The van der Waals surface area contributed by atoms with Crippen LogP contribution in [0.5, 0.6) is 0 Å². The molecule has 0 aliphatic heterocycles. The van der Waals surface area contributed by atoms with Crippen molar-refractivity contribution in [3.8, 4) is 0 Å². The van der Waals surface area contributed by atoms with Gasteiger partial charge >= 0.3 is 0 Å². The van der Waals surface area contributed by atoms with Gasteiger partial charge in [0.25, 0.3) is 0 Å². The second-order valence-corrected chi connectivity index (χ2v) is 3.48. The van der Waals surface area contributed by atoms with Gasteiger partial charge in [0.2, 0.25) is 0 Å². The van der Waals surface area contributed by atoms with Crippen molar-refractivity contribution in [2.24, 2.45) is 5.92 Å². The maximum Gasteiger partial charge on any atom is 0.198 e. The minimum atomic E-state index is -0.257. The fourth-order valence-electron chi connectivity index (χ4n) is 1.23. The smallest absolute Gasteiger partial charge is 0.198 e. The fraction of sp³-hybridized carbons (Fsp3) is 0.538. The van der Waals surface area contributed by atoms with Crippen LogP contribution in [-0.4, -0.2) is 11.6 Å². The van der Waals surface area contributed by atoms with Gasteiger partial charge in [0.15, 0.2) is 11.6 Å². The van der Waals surface area contributed by atoms with Gasteiger partial charge in [-0.15, -0.1) is 0 Å². The van der Waals surface area contributed by atoms with E-state index >= 15 is 0 Å². The lowest BCUT2D eigenvalue weighted by Gasteiger charge is -2.07. The van der Waals surface area contributed by atoms with Gasteiger partial charge < -0.3 is 0 Å². The Labute approximate surface area is 92.1 Å². The van der Waals surface area contributed by atoms with Gasteiger partial charge in [0.05, 0.1) is 0 Å². The summed E-state index contributed by atoms with van der Waals surface area (Å²) in [7, 11) is 0. The maximum absolute atomic E-state index is 11.4. The number of carbonyl (C=O) groups excluding carboxylic acids is 2. The summed E-state index contributed by atoms with van der Waals surface area (Å²) in [6.45, 7) is 5.68. The van der Waals surface area contributed by atoms with Crippen molar-refractivity contribution < 1.29 is 9.59 Å². The molecule has 0 rings (SSSR count). The van der Waals surface area contributed by atoms with Crippen molar-refractivity contribution in [1.82, 2.24) is 0 Å². The lowest BCUT2D eigenvalue weighted by Crippen LogP contribution is -2.15. The molecule has 0 N–H and O–H groups in total. The van der Waals surface area contributed by atoms with Gasteiger partial charge in [-0.3, -0.25) is 9.59 Å². The molecule has 84 valence electrons. The molecule has 0 aliphatic rings. The number of carbonyl (C=O) groups is 2. The van der Waals surface area contributed by atoms with Crippen LogP contribution >= 0.6 is 0 Å². The highest BCUT2D eigenvalue weighted by molar-refractivity contribution is 6.37. The Hall–Kier alpha value is -1.18. The van der Waals surface area contributed by atoms with Crippen molar-refractivity contribution in [1.29, 1.82) is 0 Å². The first-order valence-electron chi connectivity index (χ1n) is 5.51. The monoisotopic (exact) mass is 208 g/mol. The van der Waals surface area contributed by atoms with E-state index in [1.807, 2.05) is 38.2 Å². The average molecular weight is 208 g/mol. The molecule has 0 aromatic heterocycles. The van der Waals surface area contributed by atoms with Gasteiger partial charge in [-0.2, -0.15) is 0 Å². The lowest BCUT2D eigenvalue weighted by atomic mass is 9.96. The Morgan fingerprint density at radius 2 is 1.80 bits per heavy atom. The number of ketones is 2. The Morgan fingerprint density at radius 1 is 1.13 bits per heavy atom. The van der Waals surface area contributed by atoms with E-state index in [1.165, 1.54) is 0 Å². The molecule has 0 aromatic carbocycles. The molecule has 0 radical (unpaired) electrons. The minimum absolute atomic E-state index is 0.184. The second kappa shape index (κ2) is 8.16. The SMILES string of the molecule is C/C=C\C=C/C(CC)CC(=O)C(=O)CC. The van der Waals surface area contributed by atoms with Crippen LogP contribution in [0.25, 0.3) is 0 Å². The number of allylic oxidation sites excluding steroid dienone is 4. The third-order valence-corrected chi connectivity index (χ3v) is 2.29. The van der Waals surface area contributed by atoms with E-state index in [4.69, 9.17) is 0 Å². The van der Waals surface area contributed by atoms with Crippen molar-refractivity contribution in [2.45, 2.75) is 40.0 Å². The van der Waals surface area contributed by atoms with Crippen LogP contribution in [0.2, 0.25) is 0 Å². The molecule has 0 saturated carbocycles. The zero-order valence-electron chi connectivity index (χ0n) is 9.82. The fourth-order valence-corrected chi connectivity index (χ4v) is 1.23. The molecule has 0 bridgehead atoms. The summed E-state index contributed by atoms with van der Waals surface area (Å²) in [6.07, 6.45) is 9.32. The molecule has 0 amide bonds. The van der Waals surface area contributed by atoms with Crippen LogP contribution in [0.4, 0.5) is 0 Å². The van der Waals surface area contributed by atoms with Crippen molar-refractivity contribution in [2.75, 3.05) is 0 Å². The summed E-state index contributed by atoms with van der Waals surface area (Å²) < 4.78 is 0. The van der Waals surface area contributed by atoms with Crippen LogP contribution in [0.15, 0.2) is 24.3 Å². The summed E-state index contributed by atoms with van der Waals surface area (Å²) in [6, 6.07) is 0. The summed E-state index contributed by atoms with van der Waals surface area (Å²) in [4.78, 5) is 22.5.